The Labute approximate surface area is 154 Å². The van der Waals surface area contributed by atoms with Crippen LogP contribution in [-0.4, -0.2) is 57.8 Å². The molecule has 1 aliphatic heterocycles. The third-order valence-corrected chi connectivity index (χ3v) is 4.68. The Hall–Kier alpha value is -2.31. The van der Waals surface area contributed by atoms with Crippen LogP contribution in [0.4, 0.5) is 5.69 Å². The van der Waals surface area contributed by atoms with Gasteiger partial charge in [-0.05, 0) is 43.3 Å². The third-order valence-electron chi connectivity index (χ3n) is 4.68. The zero-order chi connectivity index (χ0) is 18.5. The lowest BCUT2D eigenvalue weighted by Crippen LogP contribution is -2.43. The summed E-state index contributed by atoms with van der Waals surface area (Å²) in [6.07, 6.45) is 0. The highest BCUT2D eigenvalue weighted by atomic mass is 16.5. The first-order valence-electron chi connectivity index (χ1n) is 8.98. The maximum atomic E-state index is 12.6. The molecule has 140 valence electrons. The van der Waals surface area contributed by atoms with Crippen LogP contribution in [0.1, 0.15) is 27.9 Å². The fraction of sp³-hybridized carbons (Fsp3) is 0.450. The van der Waals surface area contributed by atoms with Gasteiger partial charge in [-0.3, -0.25) is 9.69 Å². The molecule has 1 fully saturated rings. The van der Waals surface area contributed by atoms with E-state index in [0.29, 0.717) is 25.3 Å². The maximum absolute atomic E-state index is 12.6. The second-order valence-electron chi connectivity index (χ2n) is 6.76. The molecule has 0 saturated carbocycles. The number of hydrogen-bond acceptors (Lipinski definition) is 5. The summed E-state index contributed by atoms with van der Waals surface area (Å²) in [5, 5.41) is 3.06. The van der Waals surface area contributed by atoms with Crippen molar-refractivity contribution in [2.45, 2.75) is 13.0 Å². The number of rotatable bonds is 6. The lowest BCUT2D eigenvalue weighted by Gasteiger charge is -2.33. The number of ether oxygens (including phenoxy) is 1. The van der Waals surface area contributed by atoms with Gasteiger partial charge in [-0.25, -0.2) is 0 Å². The number of nitrogens with zero attached hydrogens (tertiary/aromatic N) is 2. The lowest BCUT2D eigenvalue weighted by molar-refractivity contribution is 0.0117. The molecule has 0 radical (unpaired) electrons. The number of morpholine rings is 1. The molecule has 1 saturated heterocycles. The van der Waals surface area contributed by atoms with E-state index in [2.05, 4.69) is 10.2 Å². The Morgan fingerprint density at radius 3 is 2.42 bits per heavy atom. The Morgan fingerprint density at radius 2 is 1.85 bits per heavy atom. The van der Waals surface area contributed by atoms with E-state index >= 15 is 0 Å². The number of carbonyl (C=O) groups is 1. The van der Waals surface area contributed by atoms with Crippen molar-refractivity contribution in [2.75, 3.05) is 51.8 Å². The van der Waals surface area contributed by atoms with Crippen molar-refractivity contribution in [3.63, 3.8) is 0 Å². The second-order valence-corrected chi connectivity index (χ2v) is 6.76. The number of amides is 1. The van der Waals surface area contributed by atoms with Gasteiger partial charge in [0.2, 0.25) is 0 Å². The molecule has 2 aromatic rings. The number of anilines is 1. The normalized spacial score (nSPS) is 16.3. The molecule has 1 amide bonds. The Morgan fingerprint density at radius 1 is 1.15 bits per heavy atom. The van der Waals surface area contributed by atoms with Crippen LogP contribution in [0.2, 0.25) is 0 Å². The largest absolute Gasteiger partial charge is 0.465 e. The number of aryl methyl sites for hydroxylation is 1. The Kier molecular flexibility index (Phi) is 5.96. The summed E-state index contributed by atoms with van der Waals surface area (Å²) in [5.41, 5.74) is 1.73. The molecule has 0 spiro atoms. The van der Waals surface area contributed by atoms with E-state index in [1.807, 2.05) is 62.3 Å². The fourth-order valence-corrected chi connectivity index (χ4v) is 3.13. The molecular weight excluding hydrogens is 330 g/mol. The van der Waals surface area contributed by atoms with Crippen LogP contribution in [0, 0.1) is 6.92 Å². The van der Waals surface area contributed by atoms with Gasteiger partial charge in [0.05, 0.1) is 19.3 Å². The molecule has 1 atom stereocenters. The molecule has 0 bridgehead atoms. The SMILES string of the molecule is Cc1ccc(C(CNC(=O)c2ccc(N(C)C)cc2)N2CCOCC2)o1. The molecule has 0 aliphatic carbocycles. The summed E-state index contributed by atoms with van der Waals surface area (Å²) in [7, 11) is 3.96. The van der Waals surface area contributed by atoms with Crippen LogP contribution in [-0.2, 0) is 4.74 Å². The summed E-state index contributed by atoms with van der Waals surface area (Å²) >= 11 is 0. The summed E-state index contributed by atoms with van der Waals surface area (Å²) in [6, 6.07) is 11.6. The average Bonchev–Trinajstić information content (AvgIpc) is 3.09. The summed E-state index contributed by atoms with van der Waals surface area (Å²) in [6.45, 7) is 5.51. The fourth-order valence-electron chi connectivity index (χ4n) is 3.13. The molecule has 26 heavy (non-hydrogen) atoms. The molecule has 6 heteroatoms. The first kappa shape index (κ1) is 18.5. The zero-order valence-electron chi connectivity index (χ0n) is 15.7. The summed E-state index contributed by atoms with van der Waals surface area (Å²) in [5.74, 6) is 1.69. The minimum atomic E-state index is -0.0724. The van der Waals surface area contributed by atoms with Gasteiger partial charge < -0.3 is 19.4 Å². The highest BCUT2D eigenvalue weighted by molar-refractivity contribution is 5.94. The minimum Gasteiger partial charge on any atom is -0.465 e. The zero-order valence-corrected chi connectivity index (χ0v) is 15.7. The summed E-state index contributed by atoms with van der Waals surface area (Å²) < 4.78 is 11.3. The number of nitrogens with one attached hydrogen (secondary N) is 1. The van der Waals surface area contributed by atoms with Gasteiger partial charge in [0.1, 0.15) is 11.5 Å². The molecule has 1 N–H and O–H groups in total. The molecule has 1 aromatic carbocycles. The standard InChI is InChI=1S/C20H27N3O3/c1-15-4-9-19(26-15)18(23-10-12-25-13-11-23)14-21-20(24)16-5-7-17(8-6-16)22(2)3/h4-9,18H,10-14H2,1-3H3,(H,21,24). The summed E-state index contributed by atoms with van der Waals surface area (Å²) in [4.78, 5) is 16.9. The number of hydrogen-bond donors (Lipinski definition) is 1. The van der Waals surface area contributed by atoms with E-state index in [4.69, 9.17) is 9.15 Å². The first-order valence-corrected chi connectivity index (χ1v) is 8.98. The Bertz CT molecular complexity index is 718. The highest BCUT2D eigenvalue weighted by Gasteiger charge is 2.25. The lowest BCUT2D eigenvalue weighted by atomic mass is 10.1. The first-order chi connectivity index (χ1) is 12.5. The van der Waals surface area contributed by atoms with Crippen LogP contribution in [0.25, 0.3) is 0 Å². The van der Waals surface area contributed by atoms with E-state index in [0.717, 1.165) is 30.3 Å². The quantitative estimate of drug-likeness (QED) is 0.861. The topological polar surface area (TPSA) is 58.0 Å². The van der Waals surface area contributed by atoms with Crippen molar-refractivity contribution in [1.29, 1.82) is 0 Å². The van der Waals surface area contributed by atoms with E-state index in [1.165, 1.54) is 0 Å². The van der Waals surface area contributed by atoms with Crippen LogP contribution < -0.4 is 10.2 Å². The van der Waals surface area contributed by atoms with Crippen LogP contribution in [0.3, 0.4) is 0 Å². The van der Waals surface area contributed by atoms with Crippen LogP contribution in [0.5, 0.6) is 0 Å². The van der Waals surface area contributed by atoms with Gasteiger partial charge >= 0.3 is 0 Å². The van der Waals surface area contributed by atoms with Gasteiger partial charge in [0, 0.05) is 45.0 Å². The van der Waals surface area contributed by atoms with Crippen molar-refractivity contribution in [1.82, 2.24) is 10.2 Å². The highest BCUT2D eigenvalue weighted by Crippen LogP contribution is 2.23. The van der Waals surface area contributed by atoms with E-state index < -0.39 is 0 Å². The molecule has 1 aliphatic rings. The third kappa shape index (κ3) is 4.45. The van der Waals surface area contributed by atoms with Gasteiger partial charge in [-0.2, -0.15) is 0 Å². The van der Waals surface area contributed by atoms with Crippen molar-refractivity contribution in [3.05, 3.63) is 53.5 Å². The smallest absolute Gasteiger partial charge is 0.251 e. The van der Waals surface area contributed by atoms with Crippen LogP contribution >= 0.6 is 0 Å². The van der Waals surface area contributed by atoms with E-state index in [9.17, 15) is 4.79 Å². The monoisotopic (exact) mass is 357 g/mol. The minimum absolute atomic E-state index is 0.0117. The van der Waals surface area contributed by atoms with E-state index in [1.54, 1.807) is 0 Å². The maximum Gasteiger partial charge on any atom is 0.251 e. The molecular formula is C20H27N3O3. The molecule has 2 heterocycles. The van der Waals surface area contributed by atoms with Crippen LogP contribution in [0.15, 0.2) is 40.8 Å². The number of furan rings is 1. The second kappa shape index (κ2) is 8.38. The van der Waals surface area contributed by atoms with Crippen molar-refractivity contribution < 1.29 is 13.9 Å². The molecule has 1 unspecified atom stereocenters. The molecule has 6 nitrogen and oxygen atoms in total. The van der Waals surface area contributed by atoms with Gasteiger partial charge in [0.15, 0.2) is 0 Å². The predicted molar refractivity (Wildman–Crippen MR) is 102 cm³/mol. The average molecular weight is 357 g/mol. The molecule has 1 aromatic heterocycles. The van der Waals surface area contributed by atoms with Gasteiger partial charge in [0.25, 0.3) is 5.91 Å². The van der Waals surface area contributed by atoms with Crippen molar-refractivity contribution in [2.24, 2.45) is 0 Å². The van der Waals surface area contributed by atoms with Gasteiger partial charge in [-0.15, -0.1) is 0 Å². The molecule has 3 rings (SSSR count). The number of benzene rings is 1. The van der Waals surface area contributed by atoms with Crippen molar-refractivity contribution >= 4 is 11.6 Å². The predicted octanol–water partition coefficient (Wildman–Crippen LogP) is 2.46. The number of carbonyl (C=O) groups excluding carboxylic acids is 1. The van der Waals surface area contributed by atoms with Gasteiger partial charge in [-0.1, -0.05) is 0 Å². The van der Waals surface area contributed by atoms with Crippen molar-refractivity contribution in [3.8, 4) is 0 Å². The van der Waals surface area contributed by atoms with E-state index in [-0.39, 0.29) is 11.9 Å². The Balaban J connectivity index is 1.67.